The zero-order valence-electron chi connectivity index (χ0n) is 11.4. The van der Waals surface area contributed by atoms with Crippen LogP contribution in [0.15, 0.2) is 42.5 Å². The third-order valence-corrected chi connectivity index (χ3v) is 2.96. The first-order chi connectivity index (χ1) is 10.7. The van der Waals surface area contributed by atoms with Crippen LogP contribution in [0, 0.1) is 0 Å². The largest absolute Gasteiger partial charge is 0.507 e. The van der Waals surface area contributed by atoms with Gasteiger partial charge in [-0.15, -0.1) is 0 Å². The van der Waals surface area contributed by atoms with E-state index in [4.69, 9.17) is 5.11 Å². The van der Waals surface area contributed by atoms with Gasteiger partial charge in [-0.2, -0.15) is 13.2 Å². The van der Waals surface area contributed by atoms with Crippen LogP contribution in [0.3, 0.4) is 0 Å². The summed E-state index contributed by atoms with van der Waals surface area (Å²) in [5, 5.41) is 20.5. The van der Waals surface area contributed by atoms with E-state index in [0.717, 1.165) is 36.4 Å². The number of alkyl halides is 3. The highest BCUT2D eigenvalue weighted by atomic mass is 19.4. The molecule has 1 amide bonds. The van der Waals surface area contributed by atoms with Crippen molar-refractivity contribution in [1.82, 2.24) is 0 Å². The molecule has 0 saturated heterocycles. The zero-order chi connectivity index (χ0) is 17.2. The van der Waals surface area contributed by atoms with Crippen molar-refractivity contribution in [2.24, 2.45) is 0 Å². The van der Waals surface area contributed by atoms with Gasteiger partial charge < -0.3 is 15.5 Å². The number of aromatic carboxylic acids is 1. The molecule has 0 aliphatic carbocycles. The minimum atomic E-state index is -4.69. The number of halogens is 3. The molecule has 0 spiro atoms. The second-order valence-electron chi connectivity index (χ2n) is 4.53. The van der Waals surface area contributed by atoms with Crippen molar-refractivity contribution in [3.05, 3.63) is 59.2 Å². The van der Waals surface area contributed by atoms with E-state index in [1.54, 1.807) is 0 Å². The zero-order valence-corrected chi connectivity index (χ0v) is 11.4. The van der Waals surface area contributed by atoms with Crippen molar-refractivity contribution in [3.8, 4) is 5.75 Å². The van der Waals surface area contributed by atoms with E-state index in [1.807, 2.05) is 0 Å². The molecule has 0 unspecified atom stereocenters. The van der Waals surface area contributed by atoms with E-state index in [1.165, 1.54) is 6.07 Å². The van der Waals surface area contributed by atoms with E-state index in [2.05, 4.69) is 5.32 Å². The number of carboxylic acid groups (broad SMARTS) is 1. The number of benzene rings is 2. The number of carbonyl (C=O) groups is 2. The smallest absolute Gasteiger partial charge is 0.417 e. The molecule has 0 aromatic heterocycles. The molecule has 8 heteroatoms. The van der Waals surface area contributed by atoms with Crippen LogP contribution in [0.1, 0.15) is 26.3 Å². The lowest BCUT2D eigenvalue weighted by Gasteiger charge is -2.13. The van der Waals surface area contributed by atoms with Gasteiger partial charge in [-0.3, -0.25) is 4.79 Å². The van der Waals surface area contributed by atoms with Crippen LogP contribution in [0.25, 0.3) is 0 Å². The lowest BCUT2D eigenvalue weighted by atomic mass is 10.1. The molecule has 0 saturated carbocycles. The molecular weight excluding hydrogens is 315 g/mol. The Morgan fingerprint density at radius 1 is 1.00 bits per heavy atom. The Morgan fingerprint density at radius 2 is 1.65 bits per heavy atom. The summed E-state index contributed by atoms with van der Waals surface area (Å²) in [7, 11) is 0. The Hall–Kier alpha value is -3.03. The predicted octanol–water partition coefficient (Wildman–Crippen LogP) is 3.36. The van der Waals surface area contributed by atoms with Gasteiger partial charge in [-0.05, 0) is 24.3 Å². The number of anilines is 1. The van der Waals surface area contributed by atoms with Crippen LogP contribution in [-0.4, -0.2) is 22.1 Å². The van der Waals surface area contributed by atoms with Gasteiger partial charge in [0.1, 0.15) is 11.3 Å². The van der Waals surface area contributed by atoms with Crippen LogP contribution >= 0.6 is 0 Å². The third kappa shape index (κ3) is 3.60. The Bertz CT molecular complexity index is 772. The SMILES string of the molecule is O=C(O)c1ccc(NC(=O)c2ccccc2C(F)(F)F)cc1O. The van der Waals surface area contributed by atoms with Crippen LogP contribution in [-0.2, 0) is 6.18 Å². The van der Waals surface area contributed by atoms with Gasteiger partial charge in [0.2, 0.25) is 0 Å². The molecule has 0 heterocycles. The number of hydrogen-bond acceptors (Lipinski definition) is 3. The third-order valence-electron chi connectivity index (χ3n) is 2.96. The van der Waals surface area contributed by atoms with E-state index < -0.39 is 40.5 Å². The second kappa shape index (κ2) is 5.99. The molecule has 0 bridgehead atoms. The second-order valence-corrected chi connectivity index (χ2v) is 4.53. The summed E-state index contributed by atoms with van der Waals surface area (Å²) in [6, 6.07) is 7.38. The topological polar surface area (TPSA) is 86.6 Å². The molecule has 5 nitrogen and oxygen atoms in total. The number of aromatic hydroxyl groups is 1. The van der Waals surface area contributed by atoms with Crippen LogP contribution in [0.5, 0.6) is 5.75 Å². The number of amides is 1. The summed E-state index contributed by atoms with van der Waals surface area (Å²) in [5.74, 6) is -3.01. The van der Waals surface area contributed by atoms with Gasteiger partial charge in [-0.25, -0.2) is 4.79 Å². The van der Waals surface area contributed by atoms with Crippen molar-refractivity contribution >= 4 is 17.6 Å². The highest BCUT2D eigenvalue weighted by Gasteiger charge is 2.34. The molecule has 0 radical (unpaired) electrons. The maximum atomic E-state index is 12.9. The first-order valence-electron chi connectivity index (χ1n) is 6.24. The summed E-state index contributed by atoms with van der Waals surface area (Å²) in [5.41, 5.74) is -2.10. The van der Waals surface area contributed by atoms with Gasteiger partial charge in [-0.1, -0.05) is 12.1 Å². The average molecular weight is 325 g/mol. The van der Waals surface area contributed by atoms with Gasteiger partial charge in [0.15, 0.2) is 0 Å². The summed E-state index contributed by atoms with van der Waals surface area (Å²) in [6.45, 7) is 0. The molecule has 0 aliphatic heterocycles. The Morgan fingerprint density at radius 3 is 2.22 bits per heavy atom. The quantitative estimate of drug-likeness (QED) is 0.807. The molecule has 23 heavy (non-hydrogen) atoms. The number of phenols is 1. The van der Waals surface area contributed by atoms with Crippen molar-refractivity contribution < 1.29 is 33.0 Å². The summed E-state index contributed by atoms with van der Waals surface area (Å²) < 4.78 is 38.6. The minimum absolute atomic E-state index is 0.0329. The lowest BCUT2D eigenvalue weighted by Crippen LogP contribution is -2.18. The van der Waals surface area contributed by atoms with Gasteiger partial charge >= 0.3 is 12.1 Å². The maximum absolute atomic E-state index is 12.9. The molecule has 3 N–H and O–H groups in total. The van der Waals surface area contributed by atoms with Crippen molar-refractivity contribution in [1.29, 1.82) is 0 Å². The number of nitrogens with one attached hydrogen (secondary N) is 1. The molecular formula is C15H10F3NO4. The fraction of sp³-hybridized carbons (Fsp3) is 0.0667. The Balaban J connectivity index is 2.30. The van der Waals surface area contributed by atoms with E-state index in [9.17, 15) is 27.9 Å². The Labute approximate surface area is 128 Å². The van der Waals surface area contributed by atoms with Crippen LogP contribution in [0.2, 0.25) is 0 Å². The number of carbonyl (C=O) groups excluding carboxylic acids is 1. The van der Waals surface area contributed by atoms with E-state index in [0.29, 0.717) is 0 Å². The minimum Gasteiger partial charge on any atom is -0.507 e. The molecule has 2 aromatic rings. The summed E-state index contributed by atoms with van der Waals surface area (Å²) >= 11 is 0. The van der Waals surface area contributed by atoms with Crippen molar-refractivity contribution in [3.63, 3.8) is 0 Å². The summed E-state index contributed by atoms with van der Waals surface area (Å²) in [6.07, 6.45) is -4.69. The van der Waals surface area contributed by atoms with Crippen LogP contribution in [0.4, 0.5) is 18.9 Å². The predicted molar refractivity (Wildman–Crippen MR) is 74.5 cm³/mol. The summed E-state index contributed by atoms with van der Waals surface area (Å²) in [4.78, 5) is 22.8. The molecule has 0 atom stereocenters. The van der Waals surface area contributed by atoms with E-state index >= 15 is 0 Å². The van der Waals surface area contributed by atoms with Gasteiger partial charge in [0, 0.05) is 11.8 Å². The Kier molecular flexibility index (Phi) is 4.26. The van der Waals surface area contributed by atoms with Gasteiger partial charge in [0.05, 0.1) is 11.1 Å². The van der Waals surface area contributed by atoms with Crippen molar-refractivity contribution in [2.45, 2.75) is 6.18 Å². The van der Waals surface area contributed by atoms with Crippen molar-refractivity contribution in [2.75, 3.05) is 5.32 Å². The first kappa shape index (κ1) is 16.3. The standard InChI is InChI=1S/C15H10F3NO4/c16-15(17,18)11-4-2-1-3-9(11)13(21)19-8-5-6-10(14(22)23)12(20)7-8/h1-7,20H,(H,19,21)(H,22,23). The fourth-order valence-electron chi connectivity index (χ4n) is 1.92. The van der Waals surface area contributed by atoms with E-state index in [-0.39, 0.29) is 5.69 Å². The number of hydrogen-bond donors (Lipinski definition) is 3. The highest BCUT2D eigenvalue weighted by Crippen LogP contribution is 2.32. The lowest BCUT2D eigenvalue weighted by molar-refractivity contribution is -0.137. The maximum Gasteiger partial charge on any atom is 0.417 e. The first-order valence-corrected chi connectivity index (χ1v) is 6.24. The van der Waals surface area contributed by atoms with Gasteiger partial charge in [0.25, 0.3) is 5.91 Å². The molecule has 0 fully saturated rings. The molecule has 0 aliphatic rings. The average Bonchev–Trinajstić information content (AvgIpc) is 2.46. The number of carboxylic acids is 1. The normalized spacial score (nSPS) is 11.1. The number of rotatable bonds is 3. The molecule has 2 rings (SSSR count). The highest BCUT2D eigenvalue weighted by molar-refractivity contribution is 6.05. The van der Waals surface area contributed by atoms with Crippen LogP contribution < -0.4 is 5.32 Å². The molecule has 2 aromatic carbocycles. The monoisotopic (exact) mass is 325 g/mol. The molecule has 120 valence electrons. The fourth-order valence-corrected chi connectivity index (χ4v) is 1.92.